The van der Waals surface area contributed by atoms with Crippen molar-refractivity contribution in [3.8, 4) is 0 Å². The van der Waals surface area contributed by atoms with Gasteiger partial charge in [-0.3, -0.25) is 9.59 Å². The lowest BCUT2D eigenvalue weighted by molar-refractivity contribution is -0.287. The summed E-state index contributed by atoms with van der Waals surface area (Å²) in [5.74, 6) is -1.94. The van der Waals surface area contributed by atoms with Gasteiger partial charge in [0.15, 0.2) is 40.7 Å². The molecule has 0 radical (unpaired) electrons. The van der Waals surface area contributed by atoms with Gasteiger partial charge in [0.2, 0.25) is 5.02 Å². The van der Waals surface area contributed by atoms with E-state index in [2.05, 4.69) is 0 Å². The molecule has 2 aromatic rings. The summed E-state index contributed by atoms with van der Waals surface area (Å²) >= 11 is 6.89. The van der Waals surface area contributed by atoms with Gasteiger partial charge < -0.3 is 25.4 Å². The van der Waals surface area contributed by atoms with Crippen LogP contribution in [0.1, 0.15) is 50.5 Å². The summed E-state index contributed by atoms with van der Waals surface area (Å²) < 4.78 is 46.4. The molecule has 0 amide bonds. The van der Waals surface area contributed by atoms with Crippen molar-refractivity contribution in [3.63, 3.8) is 0 Å². The van der Waals surface area contributed by atoms with Gasteiger partial charge in [-0.2, -0.15) is 0 Å². The Morgan fingerprint density at radius 1 is 1.15 bits per heavy atom. The number of nitrogen functional groups attached to an aromatic ring is 1. The number of Topliss-reactive ketones (excluding diaryl/α,β-unsaturated/α-hetero) is 1. The highest BCUT2D eigenvalue weighted by atomic mass is 35.5. The van der Waals surface area contributed by atoms with Crippen LogP contribution in [0.25, 0.3) is 0 Å². The standard InChI is InChI=1S/C35H37ClF2NO6S/c1-32-10-9-20(41)11-24(32)26(37)13-23-22-14-30-35(29(43)16-40,33(22,2)15-28(42)34(23,32)38)45-31(44-30)19-5-3-18(4-6-19)17-46-21-7-8-27(39)25(36)12-21/h3-12,22-23,26,28,30-31,36,40,42H,13-17,39H2,1-2H3/q+1/t22-,23-,26-,28-,30+,31-,32-,33-,34-,35+/m0/s1. The largest absolute Gasteiger partial charge is 0.394 e. The number of allylic oxidation sites excluding steroid dienone is 4. The van der Waals surface area contributed by atoms with Crippen LogP contribution in [-0.4, -0.2) is 58.0 Å². The number of hydrogen-bond donors (Lipinski definition) is 3. The molecule has 4 fully saturated rings. The van der Waals surface area contributed by atoms with Crippen LogP contribution in [0.5, 0.6) is 0 Å². The van der Waals surface area contributed by atoms with Gasteiger partial charge in [0, 0.05) is 39.0 Å². The zero-order valence-electron chi connectivity index (χ0n) is 25.5. The molecule has 0 bridgehead atoms. The van der Waals surface area contributed by atoms with E-state index in [0.29, 0.717) is 22.0 Å². The fraction of sp³-hybridized carbons (Fsp3) is 0.486. The Hall–Kier alpha value is -2.60. The number of anilines is 1. The van der Waals surface area contributed by atoms with Crippen molar-refractivity contribution in [2.45, 2.75) is 79.7 Å². The van der Waals surface area contributed by atoms with Gasteiger partial charge >= 0.3 is 0 Å². The Morgan fingerprint density at radius 3 is 2.59 bits per heavy atom. The van der Waals surface area contributed by atoms with Crippen molar-refractivity contribution in [2.24, 2.45) is 22.7 Å². The number of carbonyl (C=O) groups excluding carboxylic acids is 2. The van der Waals surface area contributed by atoms with Crippen LogP contribution in [0.15, 0.2) is 71.2 Å². The van der Waals surface area contributed by atoms with E-state index >= 15 is 8.78 Å². The second-order valence-corrected chi connectivity index (χ2v) is 15.2. The summed E-state index contributed by atoms with van der Waals surface area (Å²) in [5.41, 5.74) is 1.47. The maximum absolute atomic E-state index is 17.6. The topological polar surface area (TPSA) is 119 Å². The quantitative estimate of drug-likeness (QED) is 0.293. The van der Waals surface area contributed by atoms with Gasteiger partial charge in [0.1, 0.15) is 12.8 Å². The van der Waals surface area contributed by atoms with Crippen molar-refractivity contribution in [1.82, 2.24) is 0 Å². The van der Waals surface area contributed by atoms with Crippen LogP contribution in [0.2, 0.25) is 5.02 Å². The molecule has 10 atom stereocenters. The molecule has 11 heteroatoms. The number of carbonyl (C=O) groups is 2. The first-order valence-corrected chi connectivity index (χ1v) is 16.9. The summed E-state index contributed by atoms with van der Waals surface area (Å²) in [6, 6.07) is 13.2. The van der Waals surface area contributed by atoms with Gasteiger partial charge in [-0.25, -0.2) is 8.78 Å². The molecule has 244 valence electrons. The Balaban J connectivity index is 1.16. The number of ketones is 2. The van der Waals surface area contributed by atoms with E-state index in [4.69, 9.17) is 26.8 Å². The predicted molar refractivity (Wildman–Crippen MR) is 165 cm³/mol. The lowest BCUT2D eigenvalue weighted by atomic mass is 9.44. The van der Waals surface area contributed by atoms with E-state index in [-0.39, 0.29) is 24.8 Å². The van der Waals surface area contributed by atoms with Crippen molar-refractivity contribution in [2.75, 3.05) is 12.3 Å². The number of benzene rings is 2. The first-order chi connectivity index (χ1) is 21.8. The second-order valence-electron chi connectivity index (χ2n) is 13.7. The van der Waals surface area contributed by atoms with Crippen molar-refractivity contribution in [1.29, 1.82) is 0 Å². The first kappa shape index (κ1) is 32.0. The Bertz CT molecular complexity index is 1670. The number of thioether (sulfide) groups is 1. The van der Waals surface area contributed by atoms with Crippen molar-refractivity contribution < 1.29 is 49.7 Å². The first-order valence-electron chi connectivity index (χ1n) is 15.5. The van der Waals surface area contributed by atoms with Gasteiger partial charge in [-0.1, -0.05) is 37.3 Å². The lowest BCUT2D eigenvalue weighted by Gasteiger charge is -2.63. The summed E-state index contributed by atoms with van der Waals surface area (Å²) in [4.78, 5) is 26.9. The number of rotatable bonds is 6. The van der Waals surface area contributed by atoms with Crippen LogP contribution >= 0.6 is 11.8 Å². The monoisotopic (exact) mass is 672 g/mol. The van der Waals surface area contributed by atoms with Crippen LogP contribution < -0.4 is 5.73 Å². The normalized spacial score (nSPS) is 40.9. The molecule has 5 aliphatic rings. The molecule has 1 heterocycles. The van der Waals surface area contributed by atoms with Gasteiger partial charge in [0.25, 0.3) is 0 Å². The van der Waals surface area contributed by atoms with Crippen molar-refractivity contribution in [3.05, 3.63) is 82.4 Å². The summed E-state index contributed by atoms with van der Waals surface area (Å²) in [7, 11) is 0. The number of nitrogens with two attached hydrogens (primary N) is 1. The molecule has 4 N–H and O–H groups in total. The molecule has 4 aliphatic carbocycles. The molecule has 46 heavy (non-hydrogen) atoms. The van der Waals surface area contributed by atoms with Crippen LogP contribution in [0, 0.1) is 34.3 Å². The number of aliphatic hydroxyl groups excluding tert-OH is 2. The molecule has 0 aromatic heterocycles. The number of alkyl halides is 2. The van der Waals surface area contributed by atoms with E-state index in [0.717, 1.165) is 16.5 Å². The summed E-state index contributed by atoms with van der Waals surface area (Å²) in [6.45, 7) is 2.48. The second kappa shape index (κ2) is 11.0. The van der Waals surface area contributed by atoms with Gasteiger partial charge in [-0.15, -0.1) is 11.8 Å². The fourth-order valence-electron chi connectivity index (χ4n) is 9.26. The highest BCUT2D eigenvalue weighted by Gasteiger charge is 2.80. The number of ether oxygens (including phenoxy) is 2. The van der Waals surface area contributed by atoms with Crippen molar-refractivity contribution >= 4 is 29.0 Å². The number of hydrogen-bond acceptors (Lipinski definition) is 8. The molecule has 1 saturated heterocycles. The molecule has 0 unspecified atom stereocenters. The van der Waals surface area contributed by atoms with Crippen LogP contribution in [0.4, 0.5) is 14.5 Å². The summed E-state index contributed by atoms with van der Waals surface area (Å²) in [6.07, 6.45) is -1.44. The Kier molecular flexibility index (Phi) is 7.62. The maximum Gasteiger partial charge on any atom is 0.249 e. The Labute approximate surface area is 275 Å². The van der Waals surface area contributed by atoms with Gasteiger partial charge in [0.05, 0.1) is 17.9 Å². The number of aliphatic hydroxyl groups is 2. The highest BCUT2D eigenvalue weighted by molar-refractivity contribution is 7.98. The van der Waals surface area contributed by atoms with E-state index in [1.54, 1.807) is 24.8 Å². The molecule has 0 spiro atoms. The predicted octanol–water partition coefficient (Wildman–Crippen LogP) is 4.90. The molecule has 2 aromatic carbocycles. The number of halogens is 3. The zero-order chi connectivity index (χ0) is 32.8. The third-order valence-corrected chi connectivity index (χ3v) is 13.0. The van der Waals surface area contributed by atoms with Crippen LogP contribution in [0.3, 0.4) is 0 Å². The minimum atomic E-state index is -2.29. The average molecular weight is 673 g/mol. The third kappa shape index (κ3) is 4.30. The third-order valence-electron chi connectivity index (χ3n) is 11.6. The van der Waals surface area contributed by atoms with E-state index < -0.39 is 76.8 Å². The molecule has 7 rings (SSSR count). The fourth-order valence-corrected chi connectivity index (χ4v) is 10.4. The van der Waals surface area contributed by atoms with Gasteiger partial charge in [-0.05, 0) is 67.5 Å². The Morgan fingerprint density at radius 2 is 1.89 bits per heavy atom. The summed E-state index contributed by atoms with van der Waals surface area (Å²) in [5, 5.41) is 22.5. The molecule has 3 saturated carbocycles. The molecule has 7 nitrogen and oxygen atoms in total. The minimum Gasteiger partial charge on any atom is -0.394 e. The van der Waals surface area contributed by atoms with E-state index in [9.17, 15) is 19.8 Å². The smallest absolute Gasteiger partial charge is 0.249 e. The SMILES string of the molecule is C[C@]12C=CC(=O)C=C1[C@@H](F)C[C@H]1[C@@H]3C[C@H]4O[C@H](c5ccc(CSc6ccc(N)c([ClH+])c6)cc5)O[C@@]4(C(=O)CO)[C@@]3(C)C[C@H](O)[C@@]12F. The molecule has 1 aliphatic heterocycles. The minimum absolute atomic E-state index is 0.0359. The zero-order valence-corrected chi connectivity index (χ0v) is 27.1. The number of fused-ring (bicyclic) bond motifs is 7. The molecular formula is C35H37ClF2NO6S+. The highest BCUT2D eigenvalue weighted by Crippen LogP contribution is 2.72. The molecular weight excluding hydrogens is 636 g/mol. The van der Waals surface area contributed by atoms with Crippen LogP contribution in [-0.2, 0) is 24.8 Å². The van der Waals surface area contributed by atoms with E-state index in [1.165, 1.54) is 19.1 Å². The lowest BCUT2D eigenvalue weighted by Crippen LogP contribution is -2.70. The average Bonchev–Trinajstić information content (AvgIpc) is 3.53. The van der Waals surface area contributed by atoms with E-state index in [1.807, 2.05) is 36.4 Å². The maximum atomic E-state index is 17.6.